The predicted molar refractivity (Wildman–Crippen MR) is 79.3 cm³/mol. The maximum atomic E-state index is 11.8. The van der Waals surface area contributed by atoms with Crippen LogP contribution in [0.3, 0.4) is 0 Å². The average Bonchev–Trinajstić information content (AvgIpc) is 2.45. The van der Waals surface area contributed by atoms with Crippen LogP contribution in [0.2, 0.25) is 5.02 Å². The van der Waals surface area contributed by atoms with Gasteiger partial charge in [-0.05, 0) is 18.6 Å². The SMILES string of the molecule is COCC(O)CCNC(=O)CNC(=O)c1ccccc1Cl. The van der Waals surface area contributed by atoms with Gasteiger partial charge in [0.25, 0.3) is 5.91 Å². The zero-order chi connectivity index (χ0) is 15.7. The summed E-state index contributed by atoms with van der Waals surface area (Å²) in [6.45, 7) is 0.384. The Hall–Kier alpha value is -1.63. The topological polar surface area (TPSA) is 87.7 Å². The van der Waals surface area contributed by atoms with Gasteiger partial charge in [-0.25, -0.2) is 0 Å². The summed E-state index contributed by atoms with van der Waals surface area (Å²) in [5.41, 5.74) is 0.322. The molecule has 1 unspecified atom stereocenters. The van der Waals surface area contributed by atoms with E-state index >= 15 is 0 Å². The lowest BCUT2D eigenvalue weighted by atomic mass is 10.2. The fraction of sp³-hybridized carbons (Fsp3) is 0.429. The Labute approximate surface area is 128 Å². The van der Waals surface area contributed by atoms with Crippen molar-refractivity contribution >= 4 is 23.4 Å². The summed E-state index contributed by atoms with van der Waals surface area (Å²) in [5, 5.41) is 14.8. The molecular weight excluding hydrogens is 296 g/mol. The van der Waals surface area contributed by atoms with Crippen LogP contribution in [0.4, 0.5) is 0 Å². The monoisotopic (exact) mass is 314 g/mol. The Balaban J connectivity index is 2.27. The Kier molecular flexibility index (Phi) is 7.74. The molecule has 7 heteroatoms. The van der Waals surface area contributed by atoms with Gasteiger partial charge in [-0.1, -0.05) is 23.7 Å². The number of methoxy groups -OCH3 is 1. The van der Waals surface area contributed by atoms with Crippen LogP contribution < -0.4 is 10.6 Å². The van der Waals surface area contributed by atoms with Crippen molar-refractivity contribution in [2.75, 3.05) is 26.8 Å². The molecule has 0 saturated heterocycles. The number of amides is 2. The van der Waals surface area contributed by atoms with Crippen LogP contribution in [0, 0.1) is 0 Å². The van der Waals surface area contributed by atoms with E-state index in [-0.39, 0.29) is 19.1 Å². The standard InChI is InChI=1S/C14H19ClN2O4/c1-21-9-10(18)6-7-16-13(19)8-17-14(20)11-4-2-3-5-12(11)15/h2-5,10,18H,6-9H2,1H3,(H,16,19)(H,17,20). The molecule has 0 fully saturated rings. The summed E-state index contributed by atoms with van der Waals surface area (Å²) in [5.74, 6) is -0.741. The van der Waals surface area contributed by atoms with Gasteiger partial charge < -0.3 is 20.5 Å². The average molecular weight is 315 g/mol. The summed E-state index contributed by atoms with van der Waals surface area (Å²) >= 11 is 5.88. The van der Waals surface area contributed by atoms with Gasteiger partial charge in [-0.3, -0.25) is 9.59 Å². The summed E-state index contributed by atoms with van der Waals surface area (Å²) in [7, 11) is 1.49. The van der Waals surface area contributed by atoms with Crippen LogP contribution in [-0.4, -0.2) is 49.8 Å². The van der Waals surface area contributed by atoms with Crippen molar-refractivity contribution in [3.05, 3.63) is 34.9 Å². The number of aliphatic hydroxyl groups is 1. The number of rotatable bonds is 8. The van der Waals surface area contributed by atoms with E-state index in [0.29, 0.717) is 23.6 Å². The second-order valence-corrected chi connectivity index (χ2v) is 4.82. The van der Waals surface area contributed by atoms with Crippen molar-refractivity contribution in [1.82, 2.24) is 10.6 Å². The molecule has 2 amide bonds. The molecule has 1 rings (SSSR count). The molecule has 0 bridgehead atoms. The van der Waals surface area contributed by atoms with Crippen molar-refractivity contribution in [2.45, 2.75) is 12.5 Å². The van der Waals surface area contributed by atoms with E-state index in [1.165, 1.54) is 7.11 Å². The van der Waals surface area contributed by atoms with Gasteiger partial charge in [0.2, 0.25) is 5.91 Å². The molecule has 116 valence electrons. The smallest absolute Gasteiger partial charge is 0.253 e. The largest absolute Gasteiger partial charge is 0.391 e. The van der Waals surface area contributed by atoms with E-state index in [0.717, 1.165) is 0 Å². The molecule has 0 aliphatic carbocycles. The minimum absolute atomic E-state index is 0.148. The summed E-state index contributed by atoms with van der Waals surface area (Å²) in [6, 6.07) is 6.60. The molecule has 0 aromatic heterocycles. The van der Waals surface area contributed by atoms with E-state index in [9.17, 15) is 14.7 Å². The zero-order valence-electron chi connectivity index (χ0n) is 11.8. The van der Waals surface area contributed by atoms with Crippen molar-refractivity contribution in [2.24, 2.45) is 0 Å². The molecule has 0 heterocycles. The zero-order valence-corrected chi connectivity index (χ0v) is 12.5. The molecular formula is C14H19ClN2O4. The first kappa shape index (κ1) is 17.4. The number of aliphatic hydroxyl groups excluding tert-OH is 1. The lowest BCUT2D eigenvalue weighted by Gasteiger charge is -2.10. The molecule has 1 aromatic rings. The molecule has 0 spiro atoms. The summed E-state index contributed by atoms with van der Waals surface area (Å²) < 4.78 is 4.77. The maximum Gasteiger partial charge on any atom is 0.253 e. The van der Waals surface area contributed by atoms with Gasteiger partial charge in [-0.15, -0.1) is 0 Å². The molecule has 1 aromatic carbocycles. The number of benzene rings is 1. The normalized spacial score (nSPS) is 11.8. The fourth-order valence-corrected chi connectivity index (χ4v) is 1.84. The van der Waals surface area contributed by atoms with E-state index in [2.05, 4.69) is 10.6 Å². The lowest BCUT2D eigenvalue weighted by Crippen LogP contribution is -2.38. The number of carbonyl (C=O) groups is 2. The molecule has 0 saturated carbocycles. The Morgan fingerprint density at radius 3 is 2.71 bits per heavy atom. The number of hydrogen-bond acceptors (Lipinski definition) is 4. The van der Waals surface area contributed by atoms with Gasteiger partial charge in [0.15, 0.2) is 0 Å². The van der Waals surface area contributed by atoms with Crippen molar-refractivity contribution in [3.8, 4) is 0 Å². The third-order valence-corrected chi connectivity index (χ3v) is 3.02. The first-order chi connectivity index (χ1) is 10.0. The highest BCUT2D eigenvalue weighted by Gasteiger charge is 2.11. The highest BCUT2D eigenvalue weighted by Crippen LogP contribution is 2.14. The van der Waals surface area contributed by atoms with Crippen molar-refractivity contribution in [1.29, 1.82) is 0 Å². The number of carbonyl (C=O) groups excluding carboxylic acids is 2. The minimum Gasteiger partial charge on any atom is -0.391 e. The van der Waals surface area contributed by atoms with Gasteiger partial charge in [-0.2, -0.15) is 0 Å². The molecule has 21 heavy (non-hydrogen) atoms. The second-order valence-electron chi connectivity index (χ2n) is 4.41. The third-order valence-electron chi connectivity index (χ3n) is 2.69. The van der Waals surface area contributed by atoms with Crippen LogP contribution in [-0.2, 0) is 9.53 Å². The van der Waals surface area contributed by atoms with Crippen LogP contribution in [0.15, 0.2) is 24.3 Å². The van der Waals surface area contributed by atoms with Gasteiger partial charge in [0.1, 0.15) is 0 Å². The molecule has 3 N–H and O–H groups in total. The third kappa shape index (κ3) is 6.57. The van der Waals surface area contributed by atoms with Gasteiger partial charge >= 0.3 is 0 Å². The van der Waals surface area contributed by atoms with E-state index < -0.39 is 12.0 Å². The Morgan fingerprint density at radius 1 is 1.33 bits per heavy atom. The minimum atomic E-state index is -0.618. The maximum absolute atomic E-state index is 11.8. The highest BCUT2D eigenvalue weighted by molar-refractivity contribution is 6.33. The fourth-order valence-electron chi connectivity index (χ4n) is 1.62. The number of ether oxygens (including phenoxy) is 1. The quantitative estimate of drug-likeness (QED) is 0.655. The van der Waals surface area contributed by atoms with Gasteiger partial charge in [0, 0.05) is 13.7 Å². The summed E-state index contributed by atoms with van der Waals surface area (Å²) in [6.07, 6.45) is -0.231. The molecule has 0 radical (unpaired) electrons. The molecule has 6 nitrogen and oxygen atoms in total. The first-order valence-electron chi connectivity index (χ1n) is 6.51. The Morgan fingerprint density at radius 2 is 2.05 bits per heavy atom. The molecule has 0 aliphatic heterocycles. The van der Waals surface area contributed by atoms with Crippen LogP contribution in [0.25, 0.3) is 0 Å². The summed E-state index contributed by atoms with van der Waals surface area (Å²) in [4.78, 5) is 23.3. The van der Waals surface area contributed by atoms with E-state index in [1.807, 2.05) is 0 Å². The van der Waals surface area contributed by atoms with Crippen LogP contribution >= 0.6 is 11.6 Å². The second kappa shape index (κ2) is 9.33. The van der Waals surface area contributed by atoms with E-state index in [1.54, 1.807) is 24.3 Å². The van der Waals surface area contributed by atoms with Crippen LogP contribution in [0.5, 0.6) is 0 Å². The van der Waals surface area contributed by atoms with Crippen LogP contribution in [0.1, 0.15) is 16.8 Å². The predicted octanol–water partition coefficient (Wildman–Crippen LogP) is 0.583. The Bertz CT molecular complexity index is 482. The highest BCUT2D eigenvalue weighted by atomic mass is 35.5. The van der Waals surface area contributed by atoms with E-state index in [4.69, 9.17) is 16.3 Å². The molecule has 0 aliphatic rings. The number of halogens is 1. The van der Waals surface area contributed by atoms with Crippen molar-refractivity contribution < 1.29 is 19.4 Å². The van der Waals surface area contributed by atoms with Crippen molar-refractivity contribution in [3.63, 3.8) is 0 Å². The molecule has 1 atom stereocenters. The number of nitrogens with one attached hydrogen (secondary N) is 2. The van der Waals surface area contributed by atoms with Gasteiger partial charge in [0.05, 0.1) is 29.8 Å². The first-order valence-corrected chi connectivity index (χ1v) is 6.88. The number of hydrogen-bond donors (Lipinski definition) is 3. The lowest BCUT2D eigenvalue weighted by molar-refractivity contribution is -0.120.